The van der Waals surface area contributed by atoms with Crippen LogP contribution in [-0.2, 0) is 15.6 Å². The number of nitrogens with zero attached hydrogens (tertiary/aromatic N) is 3. The van der Waals surface area contributed by atoms with Gasteiger partial charge in [-0.05, 0) is 42.5 Å². The molecule has 0 spiro atoms. The number of piperidine rings is 1. The van der Waals surface area contributed by atoms with Crippen LogP contribution < -0.4 is 0 Å². The van der Waals surface area contributed by atoms with Crippen molar-refractivity contribution in [3.63, 3.8) is 0 Å². The van der Waals surface area contributed by atoms with Gasteiger partial charge in [-0.2, -0.15) is 0 Å². The number of hydrogen-bond donors (Lipinski definition) is 0. The van der Waals surface area contributed by atoms with Gasteiger partial charge >= 0.3 is 0 Å². The van der Waals surface area contributed by atoms with E-state index in [1.165, 1.54) is 6.42 Å². The molecule has 154 valence electrons. The average molecular weight is 406 g/mol. The lowest BCUT2D eigenvalue weighted by Gasteiger charge is -2.38. The predicted octanol–water partition coefficient (Wildman–Crippen LogP) is 1.69. The molecule has 2 aliphatic heterocycles. The molecule has 6 nitrogen and oxygen atoms in total. The predicted molar refractivity (Wildman–Crippen MR) is 111 cm³/mol. The summed E-state index contributed by atoms with van der Waals surface area (Å²) in [6.45, 7) is 9.27. The fourth-order valence-corrected chi connectivity index (χ4v) is 4.76. The SMILES string of the molecule is CC1CC(C)CN(C(=O)CN2CCN(C(=O)c3ccc(S(C)=O)cc3)CC2)C1. The van der Waals surface area contributed by atoms with Gasteiger partial charge in [0.05, 0.1) is 6.54 Å². The number of carbonyl (C=O) groups is 2. The molecule has 0 aliphatic carbocycles. The minimum absolute atomic E-state index is 0.00177. The Balaban J connectivity index is 1.49. The molecule has 2 fully saturated rings. The molecule has 7 heteroatoms. The third-order valence-corrected chi connectivity index (χ3v) is 6.61. The van der Waals surface area contributed by atoms with Gasteiger partial charge in [0.25, 0.3) is 5.91 Å². The van der Waals surface area contributed by atoms with Crippen LogP contribution in [-0.4, -0.2) is 82.8 Å². The Morgan fingerprint density at radius 2 is 1.54 bits per heavy atom. The number of rotatable bonds is 4. The summed E-state index contributed by atoms with van der Waals surface area (Å²) in [5, 5.41) is 0. The van der Waals surface area contributed by atoms with Gasteiger partial charge in [-0.1, -0.05) is 13.8 Å². The lowest BCUT2D eigenvalue weighted by Crippen LogP contribution is -2.53. The zero-order valence-corrected chi connectivity index (χ0v) is 17.9. The Kier molecular flexibility index (Phi) is 6.88. The van der Waals surface area contributed by atoms with Crippen LogP contribution >= 0.6 is 0 Å². The van der Waals surface area contributed by atoms with Crippen molar-refractivity contribution in [2.45, 2.75) is 25.2 Å². The maximum atomic E-state index is 12.7. The van der Waals surface area contributed by atoms with Crippen LogP contribution in [0.1, 0.15) is 30.6 Å². The summed E-state index contributed by atoms with van der Waals surface area (Å²) in [5.74, 6) is 1.34. The molecular formula is C21H31N3O3S. The minimum Gasteiger partial charge on any atom is -0.341 e. The van der Waals surface area contributed by atoms with E-state index >= 15 is 0 Å². The van der Waals surface area contributed by atoms with Crippen molar-refractivity contribution in [3.05, 3.63) is 29.8 Å². The van der Waals surface area contributed by atoms with Gasteiger partial charge in [-0.25, -0.2) is 0 Å². The van der Waals surface area contributed by atoms with Gasteiger partial charge < -0.3 is 9.80 Å². The molecule has 0 radical (unpaired) electrons. The van der Waals surface area contributed by atoms with Crippen molar-refractivity contribution in [1.29, 1.82) is 0 Å². The highest BCUT2D eigenvalue weighted by Crippen LogP contribution is 2.21. The second-order valence-electron chi connectivity index (χ2n) is 8.29. The highest BCUT2D eigenvalue weighted by atomic mass is 32.2. The zero-order chi connectivity index (χ0) is 20.3. The quantitative estimate of drug-likeness (QED) is 0.765. The molecule has 0 saturated carbocycles. The fourth-order valence-electron chi connectivity index (χ4n) is 4.24. The van der Waals surface area contributed by atoms with E-state index in [9.17, 15) is 13.8 Å². The van der Waals surface area contributed by atoms with E-state index in [-0.39, 0.29) is 11.8 Å². The first-order chi connectivity index (χ1) is 13.3. The number of hydrogen-bond acceptors (Lipinski definition) is 4. The maximum absolute atomic E-state index is 12.7. The van der Waals surface area contributed by atoms with Gasteiger partial charge in [0.2, 0.25) is 5.91 Å². The summed E-state index contributed by atoms with van der Waals surface area (Å²) in [6.07, 6.45) is 2.82. The standard InChI is InChI=1S/C21H31N3O3S/c1-16-12-17(2)14-24(13-16)20(25)15-22-8-10-23(11-9-22)21(26)18-4-6-19(7-5-18)28(3)27/h4-7,16-17H,8-15H2,1-3H3. The second-order valence-corrected chi connectivity index (χ2v) is 9.67. The number of carbonyl (C=O) groups excluding carboxylic acids is 2. The van der Waals surface area contributed by atoms with Gasteiger partial charge in [0, 0.05) is 66.8 Å². The molecule has 3 atom stereocenters. The summed E-state index contributed by atoms with van der Waals surface area (Å²) < 4.78 is 11.5. The minimum atomic E-state index is -1.04. The van der Waals surface area contributed by atoms with Crippen LogP contribution in [0.3, 0.4) is 0 Å². The first kappa shape index (κ1) is 21.0. The van der Waals surface area contributed by atoms with Crippen molar-refractivity contribution >= 4 is 22.6 Å². The number of amides is 2. The molecule has 2 aliphatic rings. The van der Waals surface area contributed by atoms with E-state index in [0.717, 1.165) is 18.0 Å². The van der Waals surface area contributed by atoms with Crippen molar-refractivity contribution in [2.24, 2.45) is 11.8 Å². The molecule has 1 aromatic rings. The summed E-state index contributed by atoms with van der Waals surface area (Å²) in [4.78, 5) is 32.1. The number of likely N-dealkylation sites (tertiary alicyclic amines) is 1. The van der Waals surface area contributed by atoms with Crippen LogP contribution in [0.5, 0.6) is 0 Å². The first-order valence-electron chi connectivity index (χ1n) is 10.1. The van der Waals surface area contributed by atoms with Crippen LogP contribution in [0, 0.1) is 11.8 Å². The molecule has 2 heterocycles. The molecule has 2 saturated heterocycles. The Morgan fingerprint density at radius 1 is 0.964 bits per heavy atom. The molecule has 28 heavy (non-hydrogen) atoms. The normalized spacial score (nSPS) is 24.8. The van der Waals surface area contributed by atoms with Gasteiger partial charge in [0.15, 0.2) is 0 Å². The van der Waals surface area contributed by atoms with E-state index in [1.807, 2.05) is 9.80 Å². The van der Waals surface area contributed by atoms with E-state index in [1.54, 1.807) is 30.5 Å². The maximum Gasteiger partial charge on any atom is 0.253 e. The lowest BCUT2D eigenvalue weighted by molar-refractivity contribution is -0.135. The molecule has 0 N–H and O–H groups in total. The van der Waals surface area contributed by atoms with Crippen molar-refractivity contribution in [1.82, 2.24) is 14.7 Å². The number of piperazine rings is 1. The zero-order valence-electron chi connectivity index (χ0n) is 17.1. The monoisotopic (exact) mass is 405 g/mol. The van der Waals surface area contributed by atoms with Gasteiger partial charge in [-0.3, -0.25) is 18.7 Å². The topological polar surface area (TPSA) is 60.9 Å². The third kappa shape index (κ3) is 5.20. The average Bonchev–Trinajstić information content (AvgIpc) is 2.67. The highest BCUT2D eigenvalue weighted by molar-refractivity contribution is 7.84. The summed E-state index contributed by atoms with van der Waals surface area (Å²) in [7, 11) is -1.04. The summed E-state index contributed by atoms with van der Waals surface area (Å²) in [5.41, 5.74) is 0.620. The van der Waals surface area contributed by atoms with E-state index < -0.39 is 10.8 Å². The van der Waals surface area contributed by atoms with E-state index in [0.29, 0.717) is 50.1 Å². The van der Waals surface area contributed by atoms with Crippen LogP contribution in [0.15, 0.2) is 29.2 Å². The van der Waals surface area contributed by atoms with Crippen LogP contribution in [0.2, 0.25) is 0 Å². The van der Waals surface area contributed by atoms with Crippen molar-refractivity contribution < 1.29 is 13.8 Å². The molecule has 0 aromatic heterocycles. The smallest absolute Gasteiger partial charge is 0.253 e. The Morgan fingerprint density at radius 3 is 2.07 bits per heavy atom. The molecule has 1 aromatic carbocycles. The summed E-state index contributed by atoms with van der Waals surface area (Å²) >= 11 is 0. The third-order valence-electron chi connectivity index (χ3n) is 5.67. The van der Waals surface area contributed by atoms with Gasteiger partial charge in [0.1, 0.15) is 0 Å². The molecule has 3 rings (SSSR count). The summed E-state index contributed by atoms with van der Waals surface area (Å²) in [6, 6.07) is 6.99. The van der Waals surface area contributed by atoms with E-state index in [4.69, 9.17) is 0 Å². The molecule has 2 amide bonds. The second kappa shape index (κ2) is 9.18. The van der Waals surface area contributed by atoms with Crippen LogP contribution in [0.4, 0.5) is 0 Å². The lowest BCUT2D eigenvalue weighted by atomic mass is 9.92. The Labute approximate surface area is 170 Å². The molecule has 0 bridgehead atoms. The number of benzene rings is 1. The van der Waals surface area contributed by atoms with Crippen molar-refractivity contribution in [3.8, 4) is 0 Å². The van der Waals surface area contributed by atoms with E-state index in [2.05, 4.69) is 18.7 Å². The molecular weight excluding hydrogens is 374 g/mol. The van der Waals surface area contributed by atoms with Crippen molar-refractivity contribution in [2.75, 3.05) is 52.1 Å². The Bertz CT molecular complexity index is 719. The Hall–Kier alpha value is -1.73. The molecule has 3 unspecified atom stereocenters. The van der Waals surface area contributed by atoms with Gasteiger partial charge in [-0.15, -0.1) is 0 Å². The van der Waals surface area contributed by atoms with Crippen LogP contribution in [0.25, 0.3) is 0 Å². The fraction of sp³-hybridized carbons (Fsp3) is 0.619. The highest BCUT2D eigenvalue weighted by Gasteiger charge is 2.28. The first-order valence-corrected chi connectivity index (χ1v) is 11.6. The largest absolute Gasteiger partial charge is 0.341 e.